The molecule has 0 bridgehead atoms. The number of benzene rings is 3. The summed E-state index contributed by atoms with van der Waals surface area (Å²) in [5.74, 6) is -1.03. The third kappa shape index (κ3) is 4.70. The standard InChI is InChI=1S/C26H24FN3O2/c1-17-7-9-18(10-8-17)15-23-24(16-19-11-13-20(31)14-12-19)30(2)26(28-23)29-25(32)21-5-3-4-6-22(21)27/h3-14,31H,15-16H2,1-2H3,(H,28,29,32). The number of hydrogen-bond acceptors (Lipinski definition) is 2. The lowest BCUT2D eigenvalue weighted by Crippen LogP contribution is -2.20. The molecule has 0 aliphatic heterocycles. The fraction of sp³-hybridized carbons (Fsp3) is 0.154. The van der Waals surface area contributed by atoms with E-state index in [9.17, 15) is 14.3 Å². The molecule has 0 fully saturated rings. The van der Waals surface area contributed by atoms with Crippen molar-refractivity contribution in [3.63, 3.8) is 0 Å². The molecule has 4 aromatic rings. The monoisotopic (exact) mass is 429 g/mol. The molecule has 1 aromatic heterocycles. The Hall–Kier alpha value is -3.93. The number of nitrogens with zero attached hydrogens (tertiary/aromatic N) is 2. The molecule has 0 saturated heterocycles. The van der Waals surface area contributed by atoms with E-state index in [2.05, 4.69) is 34.2 Å². The van der Waals surface area contributed by atoms with Crippen molar-refractivity contribution in [1.29, 1.82) is 0 Å². The van der Waals surface area contributed by atoms with E-state index < -0.39 is 11.7 Å². The number of aromatic nitrogens is 2. The van der Waals surface area contributed by atoms with Crippen molar-refractivity contribution in [3.05, 3.63) is 118 Å². The SMILES string of the molecule is Cc1ccc(Cc2[nH]/c(=N\C(=O)c3ccccc3F)n(C)c2Cc2ccc(O)cc2)cc1. The molecule has 0 aliphatic rings. The van der Waals surface area contributed by atoms with Gasteiger partial charge in [0.25, 0.3) is 5.91 Å². The van der Waals surface area contributed by atoms with Gasteiger partial charge in [0.2, 0.25) is 5.62 Å². The van der Waals surface area contributed by atoms with Crippen LogP contribution in [0.3, 0.4) is 0 Å². The van der Waals surface area contributed by atoms with Gasteiger partial charge in [0.05, 0.1) is 5.56 Å². The summed E-state index contributed by atoms with van der Waals surface area (Å²) in [6.45, 7) is 2.04. The van der Waals surface area contributed by atoms with E-state index in [1.54, 1.807) is 18.2 Å². The van der Waals surface area contributed by atoms with Gasteiger partial charge in [-0.1, -0.05) is 54.1 Å². The minimum Gasteiger partial charge on any atom is -0.508 e. The highest BCUT2D eigenvalue weighted by atomic mass is 19.1. The molecule has 32 heavy (non-hydrogen) atoms. The maximum atomic E-state index is 14.0. The van der Waals surface area contributed by atoms with Crippen LogP contribution in [0.5, 0.6) is 5.75 Å². The largest absolute Gasteiger partial charge is 0.508 e. The molecule has 2 N–H and O–H groups in total. The van der Waals surface area contributed by atoms with Crippen molar-refractivity contribution in [2.45, 2.75) is 19.8 Å². The van der Waals surface area contributed by atoms with E-state index in [0.29, 0.717) is 18.5 Å². The summed E-state index contributed by atoms with van der Waals surface area (Å²) < 4.78 is 15.9. The summed E-state index contributed by atoms with van der Waals surface area (Å²) in [6.07, 6.45) is 1.21. The first kappa shape index (κ1) is 21.3. The fourth-order valence-corrected chi connectivity index (χ4v) is 3.60. The van der Waals surface area contributed by atoms with Crippen LogP contribution in [0, 0.1) is 12.7 Å². The maximum absolute atomic E-state index is 14.0. The van der Waals surface area contributed by atoms with E-state index in [1.807, 2.05) is 30.7 Å². The Bertz CT molecular complexity index is 1320. The molecule has 162 valence electrons. The van der Waals surface area contributed by atoms with Gasteiger partial charge < -0.3 is 14.7 Å². The molecule has 1 amide bonds. The van der Waals surface area contributed by atoms with Crippen LogP contribution < -0.4 is 5.62 Å². The maximum Gasteiger partial charge on any atom is 0.283 e. The molecule has 0 saturated carbocycles. The number of imidazole rings is 1. The number of amides is 1. The summed E-state index contributed by atoms with van der Waals surface area (Å²) in [5, 5.41) is 9.59. The molecule has 0 aliphatic carbocycles. The first-order chi connectivity index (χ1) is 15.4. The molecule has 1 heterocycles. The average molecular weight is 429 g/mol. The fourth-order valence-electron chi connectivity index (χ4n) is 3.60. The van der Waals surface area contributed by atoms with E-state index in [-0.39, 0.29) is 11.3 Å². The number of hydrogen-bond donors (Lipinski definition) is 2. The number of halogens is 1. The predicted octanol–water partition coefficient (Wildman–Crippen LogP) is 4.43. The normalized spacial score (nSPS) is 11.7. The highest BCUT2D eigenvalue weighted by molar-refractivity contribution is 5.95. The van der Waals surface area contributed by atoms with Crippen LogP contribution in [-0.4, -0.2) is 20.6 Å². The van der Waals surface area contributed by atoms with Gasteiger partial charge in [-0.2, -0.15) is 4.99 Å². The van der Waals surface area contributed by atoms with E-state index >= 15 is 0 Å². The van der Waals surface area contributed by atoms with Crippen molar-refractivity contribution in [3.8, 4) is 5.75 Å². The zero-order valence-corrected chi connectivity index (χ0v) is 18.0. The van der Waals surface area contributed by atoms with E-state index in [1.165, 1.54) is 23.8 Å². The van der Waals surface area contributed by atoms with Gasteiger partial charge in [0.1, 0.15) is 11.6 Å². The Kier molecular flexibility index (Phi) is 6.03. The van der Waals surface area contributed by atoms with Gasteiger partial charge in [-0.3, -0.25) is 4.79 Å². The van der Waals surface area contributed by atoms with Crippen molar-refractivity contribution >= 4 is 5.91 Å². The van der Waals surface area contributed by atoms with Gasteiger partial charge in [-0.05, 0) is 42.3 Å². The Labute approximate surface area is 185 Å². The lowest BCUT2D eigenvalue weighted by molar-refractivity contribution is 0.0993. The van der Waals surface area contributed by atoms with Crippen molar-refractivity contribution in [2.24, 2.45) is 12.0 Å². The van der Waals surface area contributed by atoms with Crippen LogP contribution in [0.25, 0.3) is 0 Å². The number of rotatable bonds is 5. The molecule has 0 spiro atoms. The lowest BCUT2D eigenvalue weighted by Gasteiger charge is -2.08. The first-order valence-corrected chi connectivity index (χ1v) is 10.3. The Morgan fingerprint density at radius 1 is 0.969 bits per heavy atom. The summed E-state index contributed by atoms with van der Waals surface area (Å²) in [4.78, 5) is 20.1. The van der Waals surface area contributed by atoms with Gasteiger partial charge >= 0.3 is 0 Å². The number of carbonyl (C=O) groups excluding carboxylic acids is 1. The number of phenolic OH excluding ortho intramolecular Hbond substituents is 1. The third-order valence-corrected chi connectivity index (χ3v) is 5.45. The summed E-state index contributed by atoms with van der Waals surface area (Å²) in [6, 6.07) is 21.1. The number of nitrogens with one attached hydrogen (secondary N) is 1. The number of phenols is 1. The topological polar surface area (TPSA) is 70.4 Å². The second-order valence-corrected chi connectivity index (χ2v) is 7.84. The smallest absolute Gasteiger partial charge is 0.283 e. The number of aromatic amines is 1. The summed E-state index contributed by atoms with van der Waals surface area (Å²) >= 11 is 0. The van der Waals surface area contributed by atoms with Crippen molar-refractivity contribution < 1.29 is 14.3 Å². The lowest BCUT2D eigenvalue weighted by atomic mass is 10.0. The molecule has 0 radical (unpaired) electrons. The third-order valence-electron chi connectivity index (χ3n) is 5.45. The Morgan fingerprint density at radius 3 is 2.28 bits per heavy atom. The molecule has 5 nitrogen and oxygen atoms in total. The average Bonchev–Trinajstić information content (AvgIpc) is 3.06. The van der Waals surface area contributed by atoms with Crippen LogP contribution in [0.2, 0.25) is 0 Å². The number of H-pyrrole nitrogens is 1. The summed E-state index contributed by atoms with van der Waals surface area (Å²) in [7, 11) is 1.83. The molecule has 6 heteroatoms. The van der Waals surface area contributed by atoms with Crippen LogP contribution in [0.15, 0.2) is 77.8 Å². The molecule has 3 aromatic carbocycles. The van der Waals surface area contributed by atoms with Crippen molar-refractivity contribution in [1.82, 2.24) is 9.55 Å². The van der Waals surface area contributed by atoms with Gasteiger partial charge in [-0.25, -0.2) is 4.39 Å². The second kappa shape index (κ2) is 9.06. The van der Waals surface area contributed by atoms with Gasteiger partial charge in [-0.15, -0.1) is 0 Å². The number of aryl methyl sites for hydroxylation is 1. The Balaban J connectivity index is 1.76. The van der Waals surface area contributed by atoms with Crippen molar-refractivity contribution in [2.75, 3.05) is 0 Å². The predicted molar refractivity (Wildman–Crippen MR) is 121 cm³/mol. The molecule has 4 rings (SSSR count). The van der Waals surface area contributed by atoms with Gasteiger partial charge in [0.15, 0.2) is 0 Å². The van der Waals surface area contributed by atoms with Crippen LogP contribution in [0.1, 0.15) is 38.4 Å². The van der Waals surface area contributed by atoms with Crippen LogP contribution >= 0.6 is 0 Å². The first-order valence-electron chi connectivity index (χ1n) is 10.3. The van der Waals surface area contributed by atoms with E-state index in [4.69, 9.17) is 0 Å². The highest BCUT2D eigenvalue weighted by Crippen LogP contribution is 2.18. The number of aromatic hydroxyl groups is 1. The Morgan fingerprint density at radius 2 is 1.59 bits per heavy atom. The molecule has 0 unspecified atom stereocenters. The minimum absolute atomic E-state index is 0.0673. The second-order valence-electron chi connectivity index (χ2n) is 7.84. The van der Waals surface area contributed by atoms with Crippen LogP contribution in [0.4, 0.5) is 4.39 Å². The number of carbonyl (C=O) groups is 1. The quantitative estimate of drug-likeness (QED) is 0.493. The molecule has 0 atom stereocenters. The minimum atomic E-state index is -0.641. The zero-order valence-electron chi connectivity index (χ0n) is 18.0. The van der Waals surface area contributed by atoms with Gasteiger partial charge in [0, 0.05) is 31.3 Å². The molecular weight excluding hydrogens is 405 g/mol. The zero-order chi connectivity index (χ0) is 22.7. The van der Waals surface area contributed by atoms with E-state index in [0.717, 1.165) is 22.5 Å². The van der Waals surface area contributed by atoms with Crippen LogP contribution in [-0.2, 0) is 19.9 Å². The summed E-state index contributed by atoms with van der Waals surface area (Å²) in [5.41, 5.74) is 5.48. The molecular formula is C26H24FN3O2. The highest BCUT2D eigenvalue weighted by Gasteiger charge is 2.15.